The molecular formula is C15H20F3NO3. The predicted molar refractivity (Wildman–Crippen MR) is 75.2 cm³/mol. The molecule has 0 bridgehead atoms. The maximum atomic E-state index is 12.3. The third-order valence-corrected chi connectivity index (χ3v) is 2.70. The molecule has 0 fully saturated rings. The molecule has 1 amide bonds. The van der Waals surface area contributed by atoms with Crippen LogP contribution in [0.3, 0.4) is 0 Å². The summed E-state index contributed by atoms with van der Waals surface area (Å²) in [5.41, 5.74) is 0.240. The molecule has 0 saturated heterocycles. The first-order valence-corrected chi connectivity index (χ1v) is 6.92. The summed E-state index contributed by atoms with van der Waals surface area (Å²) in [6.45, 7) is 5.86. The molecule has 1 atom stereocenters. The van der Waals surface area contributed by atoms with Crippen molar-refractivity contribution in [3.8, 4) is 5.75 Å². The van der Waals surface area contributed by atoms with Gasteiger partial charge in [-0.05, 0) is 18.9 Å². The Morgan fingerprint density at radius 2 is 1.86 bits per heavy atom. The van der Waals surface area contributed by atoms with E-state index in [1.54, 1.807) is 13.0 Å². The number of ether oxygens (including phenoxy) is 2. The highest BCUT2D eigenvalue weighted by atomic mass is 19.4. The minimum atomic E-state index is -4.77. The van der Waals surface area contributed by atoms with Crippen LogP contribution in [0.2, 0.25) is 0 Å². The Balaban J connectivity index is 2.59. The van der Waals surface area contributed by atoms with Gasteiger partial charge in [-0.1, -0.05) is 32.0 Å². The van der Waals surface area contributed by atoms with Crippen molar-refractivity contribution in [2.75, 3.05) is 6.61 Å². The van der Waals surface area contributed by atoms with Crippen LogP contribution in [-0.4, -0.2) is 25.0 Å². The zero-order chi connectivity index (χ0) is 16.8. The number of alkyl halides is 3. The number of carbonyl (C=O) groups excluding carboxylic acids is 1. The van der Waals surface area contributed by atoms with Crippen molar-refractivity contribution in [1.82, 2.24) is 5.32 Å². The molecule has 22 heavy (non-hydrogen) atoms. The fourth-order valence-electron chi connectivity index (χ4n) is 1.61. The van der Waals surface area contributed by atoms with Crippen molar-refractivity contribution in [3.05, 3.63) is 29.8 Å². The van der Waals surface area contributed by atoms with E-state index in [4.69, 9.17) is 4.74 Å². The summed E-state index contributed by atoms with van der Waals surface area (Å²) in [5.74, 6) is -0.426. The monoisotopic (exact) mass is 319 g/mol. The van der Waals surface area contributed by atoms with E-state index in [0.29, 0.717) is 6.61 Å². The smallest absolute Gasteiger partial charge is 0.405 e. The lowest BCUT2D eigenvalue weighted by Crippen LogP contribution is -2.35. The van der Waals surface area contributed by atoms with Gasteiger partial charge in [-0.3, -0.25) is 4.79 Å². The molecule has 124 valence electrons. The molecule has 0 unspecified atom stereocenters. The molecule has 0 spiro atoms. The number of amides is 1. The van der Waals surface area contributed by atoms with Gasteiger partial charge < -0.3 is 14.8 Å². The van der Waals surface area contributed by atoms with Crippen LogP contribution in [0.4, 0.5) is 13.2 Å². The SMILES string of the molecule is CC(C)CO[C@@H](C)C(=O)NCc1ccccc1OC(F)(F)F. The number of benzene rings is 1. The first-order chi connectivity index (χ1) is 10.2. The lowest BCUT2D eigenvalue weighted by Gasteiger charge is -2.16. The molecular weight excluding hydrogens is 299 g/mol. The number of nitrogens with one attached hydrogen (secondary N) is 1. The highest BCUT2D eigenvalue weighted by Crippen LogP contribution is 2.26. The molecule has 1 rings (SSSR count). The molecule has 0 heterocycles. The van der Waals surface area contributed by atoms with E-state index in [1.165, 1.54) is 18.2 Å². The predicted octanol–water partition coefficient (Wildman–Crippen LogP) is 3.26. The number of hydrogen-bond donors (Lipinski definition) is 1. The van der Waals surface area contributed by atoms with Gasteiger partial charge in [-0.25, -0.2) is 0 Å². The van der Waals surface area contributed by atoms with Crippen LogP contribution in [0.1, 0.15) is 26.3 Å². The van der Waals surface area contributed by atoms with Crippen molar-refractivity contribution in [2.24, 2.45) is 5.92 Å². The first kappa shape index (κ1) is 18.3. The molecule has 1 N–H and O–H groups in total. The van der Waals surface area contributed by atoms with E-state index >= 15 is 0 Å². The number of para-hydroxylation sites is 1. The van der Waals surface area contributed by atoms with Crippen LogP contribution in [0.15, 0.2) is 24.3 Å². The fourth-order valence-corrected chi connectivity index (χ4v) is 1.61. The van der Waals surface area contributed by atoms with Gasteiger partial charge in [0, 0.05) is 18.7 Å². The Labute approximate surface area is 127 Å². The third-order valence-electron chi connectivity index (χ3n) is 2.70. The van der Waals surface area contributed by atoms with Crippen LogP contribution < -0.4 is 10.1 Å². The second-order valence-electron chi connectivity index (χ2n) is 5.24. The Morgan fingerprint density at radius 1 is 1.23 bits per heavy atom. The Morgan fingerprint density at radius 3 is 2.45 bits per heavy atom. The molecule has 1 aromatic rings. The normalized spacial score (nSPS) is 13.0. The second kappa shape index (κ2) is 8.03. The summed E-state index contributed by atoms with van der Waals surface area (Å²) in [6, 6.07) is 5.67. The molecule has 0 radical (unpaired) electrons. The Hall–Kier alpha value is -1.76. The lowest BCUT2D eigenvalue weighted by atomic mass is 10.2. The largest absolute Gasteiger partial charge is 0.573 e. The van der Waals surface area contributed by atoms with E-state index in [9.17, 15) is 18.0 Å². The Kier molecular flexibility index (Phi) is 6.67. The molecule has 0 saturated carbocycles. The third kappa shape index (κ3) is 6.80. The van der Waals surface area contributed by atoms with Gasteiger partial charge in [0.25, 0.3) is 0 Å². The summed E-state index contributed by atoms with van der Waals surface area (Å²) >= 11 is 0. The summed E-state index contributed by atoms with van der Waals surface area (Å²) in [4.78, 5) is 11.8. The van der Waals surface area contributed by atoms with Crippen molar-refractivity contribution in [3.63, 3.8) is 0 Å². The van der Waals surface area contributed by atoms with Gasteiger partial charge in [0.1, 0.15) is 11.9 Å². The van der Waals surface area contributed by atoms with E-state index in [0.717, 1.165) is 0 Å². The highest BCUT2D eigenvalue weighted by molar-refractivity contribution is 5.80. The van der Waals surface area contributed by atoms with Gasteiger partial charge in [0.05, 0.1) is 0 Å². The van der Waals surface area contributed by atoms with Gasteiger partial charge in [-0.15, -0.1) is 13.2 Å². The molecule has 1 aromatic carbocycles. The maximum Gasteiger partial charge on any atom is 0.573 e. The van der Waals surface area contributed by atoms with Gasteiger partial charge in [0.15, 0.2) is 0 Å². The number of rotatable bonds is 7. The van der Waals surface area contributed by atoms with Crippen LogP contribution >= 0.6 is 0 Å². The van der Waals surface area contributed by atoms with Gasteiger partial charge >= 0.3 is 6.36 Å². The van der Waals surface area contributed by atoms with E-state index < -0.39 is 12.5 Å². The number of hydrogen-bond acceptors (Lipinski definition) is 3. The minimum absolute atomic E-state index is 0.0690. The van der Waals surface area contributed by atoms with Crippen molar-refractivity contribution in [2.45, 2.75) is 39.8 Å². The summed E-state index contributed by atoms with van der Waals surface area (Å²) in [7, 11) is 0. The number of carbonyl (C=O) groups is 1. The Bertz CT molecular complexity index is 489. The zero-order valence-electron chi connectivity index (χ0n) is 12.7. The molecule has 0 aliphatic carbocycles. The first-order valence-electron chi connectivity index (χ1n) is 6.92. The van der Waals surface area contributed by atoms with Crippen LogP contribution in [-0.2, 0) is 16.1 Å². The second-order valence-corrected chi connectivity index (χ2v) is 5.24. The molecule has 7 heteroatoms. The quantitative estimate of drug-likeness (QED) is 0.839. The standard InChI is InChI=1S/C15H20F3NO3/c1-10(2)9-21-11(3)14(20)19-8-12-6-4-5-7-13(12)22-15(16,17)18/h4-7,10-11H,8-9H2,1-3H3,(H,19,20)/t11-/m0/s1. The zero-order valence-corrected chi connectivity index (χ0v) is 12.7. The average Bonchev–Trinajstić information content (AvgIpc) is 2.41. The van der Waals surface area contributed by atoms with E-state index in [1.807, 2.05) is 13.8 Å². The van der Waals surface area contributed by atoms with Crippen molar-refractivity contribution >= 4 is 5.91 Å². The van der Waals surface area contributed by atoms with Crippen molar-refractivity contribution < 1.29 is 27.4 Å². The fraction of sp³-hybridized carbons (Fsp3) is 0.533. The molecule has 0 aliphatic rings. The van der Waals surface area contributed by atoms with Crippen LogP contribution in [0.5, 0.6) is 5.75 Å². The van der Waals surface area contributed by atoms with E-state index in [-0.39, 0.29) is 29.7 Å². The summed E-state index contributed by atoms with van der Waals surface area (Å²) < 4.78 is 46.1. The molecule has 0 aliphatic heterocycles. The topological polar surface area (TPSA) is 47.6 Å². The van der Waals surface area contributed by atoms with Gasteiger partial charge in [-0.2, -0.15) is 0 Å². The number of halogens is 3. The van der Waals surface area contributed by atoms with Gasteiger partial charge in [0.2, 0.25) is 5.91 Å². The average molecular weight is 319 g/mol. The molecule has 4 nitrogen and oxygen atoms in total. The van der Waals surface area contributed by atoms with E-state index in [2.05, 4.69) is 10.1 Å². The minimum Gasteiger partial charge on any atom is -0.405 e. The lowest BCUT2D eigenvalue weighted by molar-refractivity contribution is -0.274. The van der Waals surface area contributed by atoms with Crippen LogP contribution in [0, 0.1) is 5.92 Å². The summed E-state index contributed by atoms with van der Waals surface area (Å²) in [6.07, 6.45) is -5.44. The van der Waals surface area contributed by atoms with Crippen LogP contribution in [0.25, 0.3) is 0 Å². The highest BCUT2D eigenvalue weighted by Gasteiger charge is 2.32. The summed E-state index contributed by atoms with van der Waals surface area (Å²) in [5, 5.41) is 2.54. The molecule has 0 aromatic heterocycles. The maximum absolute atomic E-state index is 12.3. The van der Waals surface area contributed by atoms with Crippen molar-refractivity contribution in [1.29, 1.82) is 0 Å².